The predicted molar refractivity (Wildman–Crippen MR) is 87.3 cm³/mol. The Labute approximate surface area is 135 Å². The van der Waals surface area contributed by atoms with E-state index in [1.807, 2.05) is 31.2 Å². The van der Waals surface area contributed by atoms with Crippen LogP contribution in [0.5, 0.6) is 0 Å². The third-order valence-corrected chi connectivity index (χ3v) is 4.34. The summed E-state index contributed by atoms with van der Waals surface area (Å²) in [5.74, 6) is 0.412. The van der Waals surface area contributed by atoms with Gasteiger partial charge >= 0.3 is 0 Å². The molecule has 6 heteroatoms. The number of rotatable bonds is 4. The van der Waals surface area contributed by atoms with Crippen molar-refractivity contribution >= 4 is 51.0 Å². The van der Waals surface area contributed by atoms with E-state index in [1.165, 1.54) is 18.0 Å². The van der Waals surface area contributed by atoms with Crippen LogP contribution in [-0.2, 0) is 4.79 Å². The highest BCUT2D eigenvalue weighted by atomic mass is 79.9. The first-order chi connectivity index (χ1) is 9.54. The van der Waals surface area contributed by atoms with Crippen LogP contribution >= 0.6 is 39.3 Å². The van der Waals surface area contributed by atoms with Crippen molar-refractivity contribution in [2.24, 2.45) is 0 Å². The zero-order valence-corrected chi connectivity index (χ0v) is 13.8. The topological polar surface area (TPSA) is 42.0 Å². The van der Waals surface area contributed by atoms with Gasteiger partial charge in [0.15, 0.2) is 0 Å². The highest BCUT2D eigenvalue weighted by Gasteiger charge is 2.14. The molecule has 3 nitrogen and oxygen atoms in total. The summed E-state index contributed by atoms with van der Waals surface area (Å²) in [4.78, 5) is 17.1. The molecule has 1 atom stereocenters. The van der Waals surface area contributed by atoms with E-state index < -0.39 is 0 Å². The van der Waals surface area contributed by atoms with Crippen molar-refractivity contribution in [3.63, 3.8) is 0 Å². The Hall–Kier alpha value is -1.04. The van der Waals surface area contributed by atoms with E-state index in [0.717, 1.165) is 9.37 Å². The molecule has 0 saturated carbocycles. The lowest BCUT2D eigenvalue weighted by Gasteiger charge is -2.11. The van der Waals surface area contributed by atoms with Crippen molar-refractivity contribution in [2.75, 3.05) is 5.32 Å². The maximum atomic E-state index is 12.1. The van der Waals surface area contributed by atoms with Crippen LogP contribution in [0.15, 0.2) is 52.0 Å². The number of thioether (sulfide) groups is 1. The summed E-state index contributed by atoms with van der Waals surface area (Å²) in [6, 6.07) is 11.2. The van der Waals surface area contributed by atoms with Crippen LogP contribution in [0, 0.1) is 0 Å². The second kappa shape index (κ2) is 7.11. The van der Waals surface area contributed by atoms with E-state index in [-0.39, 0.29) is 11.2 Å². The molecule has 20 heavy (non-hydrogen) atoms. The highest BCUT2D eigenvalue weighted by Crippen LogP contribution is 2.25. The Morgan fingerprint density at radius 1 is 1.30 bits per heavy atom. The molecule has 2 rings (SSSR count). The van der Waals surface area contributed by atoms with Crippen molar-refractivity contribution in [3.05, 3.63) is 52.1 Å². The Kier molecular flexibility index (Phi) is 5.46. The van der Waals surface area contributed by atoms with Gasteiger partial charge in [-0.25, -0.2) is 4.98 Å². The van der Waals surface area contributed by atoms with E-state index in [1.54, 1.807) is 12.1 Å². The molecule has 0 bridgehead atoms. The number of benzene rings is 1. The fourth-order valence-electron chi connectivity index (χ4n) is 1.45. The Bertz CT molecular complexity index is 589. The maximum absolute atomic E-state index is 12.1. The number of carbonyl (C=O) groups is 1. The minimum absolute atomic E-state index is 0.0901. The molecular formula is C14H12BrClN2OS. The van der Waals surface area contributed by atoms with Gasteiger partial charge in [-0.15, -0.1) is 11.8 Å². The van der Waals surface area contributed by atoms with Crippen LogP contribution < -0.4 is 5.32 Å². The fraction of sp³-hybridized carbons (Fsp3) is 0.143. The van der Waals surface area contributed by atoms with Crippen molar-refractivity contribution in [1.82, 2.24) is 4.98 Å². The molecule has 0 fully saturated rings. The van der Waals surface area contributed by atoms with Crippen molar-refractivity contribution in [2.45, 2.75) is 17.1 Å². The molecule has 0 saturated heterocycles. The first-order valence-electron chi connectivity index (χ1n) is 5.89. The first-order valence-corrected chi connectivity index (χ1v) is 7.94. The zero-order valence-electron chi connectivity index (χ0n) is 10.6. The zero-order chi connectivity index (χ0) is 14.5. The van der Waals surface area contributed by atoms with E-state index in [2.05, 4.69) is 26.2 Å². The van der Waals surface area contributed by atoms with E-state index in [0.29, 0.717) is 10.8 Å². The smallest absolute Gasteiger partial charge is 0.238 e. The fourth-order valence-corrected chi connectivity index (χ4v) is 2.69. The molecule has 104 valence electrons. The van der Waals surface area contributed by atoms with Gasteiger partial charge in [-0.1, -0.05) is 27.5 Å². The number of nitrogens with one attached hydrogen (secondary N) is 1. The molecule has 0 aliphatic rings. The van der Waals surface area contributed by atoms with E-state index in [4.69, 9.17) is 11.6 Å². The average molecular weight is 372 g/mol. The largest absolute Gasteiger partial charge is 0.310 e. The van der Waals surface area contributed by atoms with Crippen molar-refractivity contribution in [3.8, 4) is 0 Å². The Morgan fingerprint density at radius 2 is 2.00 bits per heavy atom. The number of hydrogen-bond donors (Lipinski definition) is 1. The van der Waals surface area contributed by atoms with Crippen molar-refractivity contribution in [1.29, 1.82) is 0 Å². The third-order valence-electron chi connectivity index (χ3n) is 2.47. The van der Waals surface area contributed by atoms with E-state index >= 15 is 0 Å². The molecule has 0 radical (unpaired) electrons. The number of hydrogen-bond acceptors (Lipinski definition) is 3. The standard InChI is InChI=1S/C14H12BrClN2OS/c1-9(20-12-5-2-10(15)3-6-12)14(19)18-13-7-4-11(16)8-17-13/h2-9H,1H3,(H,17,18,19)/t9-/m1/s1. The SMILES string of the molecule is C[C@@H](Sc1ccc(Br)cc1)C(=O)Nc1ccc(Cl)cn1. The monoisotopic (exact) mass is 370 g/mol. The summed E-state index contributed by atoms with van der Waals surface area (Å²) in [5.41, 5.74) is 0. The van der Waals surface area contributed by atoms with Gasteiger partial charge in [0.1, 0.15) is 5.82 Å². The molecule has 1 amide bonds. The summed E-state index contributed by atoms with van der Waals surface area (Å²) in [6.07, 6.45) is 1.50. The second-order valence-electron chi connectivity index (χ2n) is 4.06. The summed E-state index contributed by atoms with van der Waals surface area (Å²) in [6.45, 7) is 1.86. The molecule has 0 unspecified atom stereocenters. The van der Waals surface area contributed by atoms with Gasteiger partial charge in [-0.2, -0.15) is 0 Å². The molecule has 0 spiro atoms. The minimum Gasteiger partial charge on any atom is -0.310 e. The predicted octanol–water partition coefficient (Wildman–Crippen LogP) is 4.62. The lowest BCUT2D eigenvalue weighted by atomic mass is 10.4. The minimum atomic E-state index is -0.214. The van der Waals surface area contributed by atoms with Gasteiger partial charge in [0.2, 0.25) is 5.91 Å². The molecule has 1 aromatic heterocycles. The molecule has 2 aromatic rings. The van der Waals surface area contributed by atoms with Gasteiger partial charge in [0.25, 0.3) is 0 Å². The van der Waals surface area contributed by atoms with Crippen LogP contribution in [0.2, 0.25) is 5.02 Å². The molecular weight excluding hydrogens is 360 g/mol. The number of nitrogens with zero attached hydrogens (tertiary/aromatic N) is 1. The Balaban J connectivity index is 1.94. The summed E-state index contributed by atoms with van der Waals surface area (Å²) in [7, 11) is 0. The number of amides is 1. The quantitative estimate of drug-likeness (QED) is 0.798. The van der Waals surface area contributed by atoms with Crippen LogP contribution in [0.3, 0.4) is 0 Å². The van der Waals surface area contributed by atoms with Gasteiger partial charge in [0, 0.05) is 15.6 Å². The first kappa shape index (κ1) is 15.4. The summed E-state index contributed by atoms with van der Waals surface area (Å²) < 4.78 is 1.02. The van der Waals surface area contributed by atoms with Gasteiger partial charge < -0.3 is 5.32 Å². The second-order valence-corrected chi connectivity index (χ2v) is 6.83. The summed E-state index contributed by atoms with van der Waals surface area (Å²) >= 11 is 10.6. The normalized spacial score (nSPS) is 11.9. The lowest BCUT2D eigenvalue weighted by Crippen LogP contribution is -2.22. The molecule has 0 aliphatic carbocycles. The van der Waals surface area contributed by atoms with Crippen LogP contribution in [0.1, 0.15) is 6.92 Å². The van der Waals surface area contributed by atoms with Gasteiger partial charge in [0.05, 0.1) is 10.3 Å². The highest BCUT2D eigenvalue weighted by molar-refractivity contribution is 9.10. The molecule has 1 heterocycles. The average Bonchev–Trinajstić information content (AvgIpc) is 2.44. The molecule has 0 aliphatic heterocycles. The van der Waals surface area contributed by atoms with Crippen molar-refractivity contribution < 1.29 is 4.79 Å². The van der Waals surface area contributed by atoms with Gasteiger partial charge in [-0.3, -0.25) is 4.79 Å². The Morgan fingerprint density at radius 3 is 2.60 bits per heavy atom. The van der Waals surface area contributed by atoms with Crippen LogP contribution in [0.25, 0.3) is 0 Å². The number of halogens is 2. The number of anilines is 1. The number of carbonyl (C=O) groups excluding carboxylic acids is 1. The van der Waals surface area contributed by atoms with Crippen LogP contribution in [0.4, 0.5) is 5.82 Å². The number of aromatic nitrogens is 1. The van der Waals surface area contributed by atoms with Crippen LogP contribution in [-0.4, -0.2) is 16.1 Å². The van der Waals surface area contributed by atoms with E-state index in [9.17, 15) is 4.79 Å². The number of pyridine rings is 1. The lowest BCUT2D eigenvalue weighted by molar-refractivity contribution is -0.115. The van der Waals surface area contributed by atoms with Gasteiger partial charge in [-0.05, 0) is 43.3 Å². The molecule has 1 N–H and O–H groups in total. The summed E-state index contributed by atoms with van der Waals surface area (Å²) in [5, 5.41) is 3.09. The third kappa shape index (κ3) is 4.51. The molecule has 1 aromatic carbocycles. The maximum Gasteiger partial charge on any atom is 0.238 e.